The molecule has 0 aliphatic heterocycles. The van der Waals surface area contributed by atoms with Crippen molar-refractivity contribution in [3.8, 4) is 0 Å². The molecule has 0 radical (unpaired) electrons. The van der Waals surface area contributed by atoms with Gasteiger partial charge in [0.05, 0.1) is 23.3 Å². The quantitative estimate of drug-likeness (QED) is 0.702. The molecule has 3 rings (SSSR count). The van der Waals surface area contributed by atoms with Gasteiger partial charge in [0.25, 0.3) is 0 Å². The fourth-order valence-corrected chi connectivity index (χ4v) is 2.87. The van der Waals surface area contributed by atoms with E-state index in [0.717, 1.165) is 36.5 Å². The summed E-state index contributed by atoms with van der Waals surface area (Å²) in [4.78, 5) is 15.6. The Kier molecular flexibility index (Phi) is 4.67. The van der Waals surface area contributed by atoms with Crippen LogP contribution in [0.1, 0.15) is 25.4 Å². The first kappa shape index (κ1) is 15.6. The minimum absolute atomic E-state index is 0.372. The van der Waals surface area contributed by atoms with E-state index in [0.29, 0.717) is 6.04 Å². The predicted octanol–water partition coefficient (Wildman–Crippen LogP) is 2.91. The summed E-state index contributed by atoms with van der Waals surface area (Å²) in [6.07, 6.45) is 6.18. The number of fused-ring (bicyclic) bond motifs is 1. The van der Waals surface area contributed by atoms with Crippen LogP contribution < -0.4 is 0 Å². The van der Waals surface area contributed by atoms with Crippen molar-refractivity contribution in [2.75, 3.05) is 7.05 Å². The monoisotopic (exact) mass is 309 g/mol. The normalized spacial score (nSPS) is 12.9. The lowest BCUT2D eigenvalue weighted by atomic mass is 10.1. The highest BCUT2D eigenvalue weighted by Crippen LogP contribution is 2.18. The molecule has 0 spiro atoms. The van der Waals surface area contributed by atoms with Crippen molar-refractivity contribution in [3.63, 3.8) is 0 Å². The highest BCUT2D eigenvalue weighted by molar-refractivity contribution is 5.75. The third-order valence-electron chi connectivity index (χ3n) is 4.31. The smallest absolute Gasteiger partial charge is 0.124 e. The van der Waals surface area contributed by atoms with Gasteiger partial charge in [0.15, 0.2) is 0 Å². The second-order valence-corrected chi connectivity index (χ2v) is 5.93. The molecular formula is C18H23N5. The molecule has 0 fully saturated rings. The van der Waals surface area contributed by atoms with Gasteiger partial charge in [-0.15, -0.1) is 0 Å². The van der Waals surface area contributed by atoms with Gasteiger partial charge in [-0.25, -0.2) is 4.98 Å². The van der Waals surface area contributed by atoms with E-state index in [4.69, 9.17) is 4.98 Å². The van der Waals surface area contributed by atoms with Crippen molar-refractivity contribution >= 4 is 11.0 Å². The summed E-state index contributed by atoms with van der Waals surface area (Å²) in [5, 5.41) is 0. The standard InChI is InChI=1S/C18H23N5/c1-4-23-17-8-6-5-7-16(17)21-18(23)13-22(3)14(2)11-15-12-19-9-10-20-15/h5-10,12,14H,4,11,13H2,1-3H3/t14-/m0/s1. The van der Waals surface area contributed by atoms with E-state index in [1.807, 2.05) is 12.3 Å². The zero-order valence-corrected chi connectivity index (χ0v) is 14.0. The predicted molar refractivity (Wildman–Crippen MR) is 92.1 cm³/mol. The number of hydrogen-bond acceptors (Lipinski definition) is 4. The summed E-state index contributed by atoms with van der Waals surface area (Å²) in [6, 6.07) is 8.70. The van der Waals surface area contributed by atoms with Crippen molar-refractivity contribution in [2.24, 2.45) is 0 Å². The average molecular weight is 309 g/mol. The lowest BCUT2D eigenvalue weighted by molar-refractivity contribution is 0.238. The highest BCUT2D eigenvalue weighted by Gasteiger charge is 2.15. The summed E-state index contributed by atoms with van der Waals surface area (Å²) in [6.45, 7) is 6.14. The van der Waals surface area contributed by atoms with Crippen LogP contribution in [-0.2, 0) is 19.5 Å². The number of para-hydroxylation sites is 2. The zero-order valence-electron chi connectivity index (χ0n) is 14.0. The van der Waals surface area contributed by atoms with Crippen LogP contribution in [0, 0.1) is 0 Å². The fourth-order valence-electron chi connectivity index (χ4n) is 2.87. The van der Waals surface area contributed by atoms with E-state index in [2.05, 4.69) is 58.5 Å². The van der Waals surface area contributed by atoms with E-state index in [1.54, 1.807) is 12.4 Å². The molecular weight excluding hydrogens is 286 g/mol. The molecule has 23 heavy (non-hydrogen) atoms. The Morgan fingerprint density at radius 2 is 2.04 bits per heavy atom. The maximum Gasteiger partial charge on any atom is 0.124 e. The Morgan fingerprint density at radius 3 is 2.78 bits per heavy atom. The van der Waals surface area contributed by atoms with E-state index < -0.39 is 0 Å². The Labute approximate surface area is 137 Å². The van der Waals surface area contributed by atoms with E-state index in [1.165, 1.54) is 5.52 Å². The van der Waals surface area contributed by atoms with Crippen LogP contribution >= 0.6 is 0 Å². The van der Waals surface area contributed by atoms with Gasteiger partial charge in [-0.2, -0.15) is 0 Å². The average Bonchev–Trinajstić information content (AvgIpc) is 2.92. The van der Waals surface area contributed by atoms with Crippen LogP contribution in [-0.4, -0.2) is 37.5 Å². The van der Waals surface area contributed by atoms with E-state index in [-0.39, 0.29) is 0 Å². The van der Waals surface area contributed by atoms with Crippen LogP contribution in [0.3, 0.4) is 0 Å². The van der Waals surface area contributed by atoms with Gasteiger partial charge in [0.2, 0.25) is 0 Å². The van der Waals surface area contributed by atoms with Crippen molar-refractivity contribution in [3.05, 3.63) is 54.4 Å². The fraction of sp³-hybridized carbons (Fsp3) is 0.389. The van der Waals surface area contributed by atoms with Crippen LogP contribution in [0.2, 0.25) is 0 Å². The number of imidazole rings is 1. The molecule has 0 bridgehead atoms. The van der Waals surface area contributed by atoms with Crippen molar-refractivity contribution in [2.45, 2.75) is 39.4 Å². The third-order valence-corrected chi connectivity index (χ3v) is 4.31. The van der Waals surface area contributed by atoms with Gasteiger partial charge in [-0.1, -0.05) is 12.1 Å². The molecule has 0 unspecified atom stereocenters. The Hall–Kier alpha value is -2.27. The van der Waals surface area contributed by atoms with E-state index in [9.17, 15) is 0 Å². The number of aromatic nitrogens is 4. The van der Waals surface area contributed by atoms with Crippen LogP contribution in [0.25, 0.3) is 11.0 Å². The Morgan fingerprint density at radius 1 is 1.22 bits per heavy atom. The largest absolute Gasteiger partial charge is 0.327 e. The maximum absolute atomic E-state index is 4.81. The number of hydrogen-bond donors (Lipinski definition) is 0. The Bertz CT molecular complexity index is 765. The topological polar surface area (TPSA) is 46.8 Å². The first-order valence-corrected chi connectivity index (χ1v) is 8.08. The second kappa shape index (κ2) is 6.87. The van der Waals surface area contributed by atoms with E-state index >= 15 is 0 Å². The van der Waals surface area contributed by atoms with Gasteiger partial charge in [0, 0.05) is 37.6 Å². The van der Waals surface area contributed by atoms with Crippen LogP contribution in [0.5, 0.6) is 0 Å². The first-order chi connectivity index (χ1) is 11.2. The maximum atomic E-state index is 4.81. The van der Waals surface area contributed by atoms with Crippen molar-refractivity contribution in [1.29, 1.82) is 0 Å². The molecule has 5 nitrogen and oxygen atoms in total. The third kappa shape index (κ3) is 3.40. The zero-order chi connectivity index (χ0) is 16.2. The number of rotatable bonds is 6. The minimum Gasteiger partial charge on any atom is -0.327 e. The van der Waals surface area contributed by atoms with Crippen molar-refractivity contribution < 1.29 is 0 Å². The molecule has 0 aliphatic carbocycles. The lowest BCUT2D eigenvalue weighted by Crippen LogP contribution is -2.31. The molecule has 1 atom stereocenters. The molecule has 3 aromatic rings. The molecule has 1 aromatic carbocycles. The number of aryl methyl sites for hydroxylation is 1. The van der Waals surface area contributed by atoms with Gasteiger partial charge < -0.3 is 4.57 Å². The van der Waals surface area contributed by atoms with Gasteiger partial charge in [-0.3, -0.25) is 14.9 Å². The summed E-state index contributed by atoms with van der Waals surface area (Å²) in [5.74, 6) is 1.11. The minimum atomic E-state index is 0.372. The number of benzene rings is 1. The van der Waals surface area contributed by atoms with Gasteiger partial charge in [-0.05, 0) is 33.0 Å². The molecule has 0 saturated heterocycles. The first-order valence-electron chi connectivity index (χ1n) is 8.08. The molecule has 5 heteroatoms. The SMILES string of the molecule is CCn1c(CN(C)[C@@H](C)Cc2cnccn2)nc2ccccc21. The molecule has 0 saturated carbocycles. The summed E-state index contributed by atoms with van der Waals surface area (Å²) in [5.41, 5.74) is 3.30. The van der Waals surface area contributed by atoms with Crippen molar-refractivity contribution in [1.82, 2.24) is 24.4 Å². The lowest BCUT2D eigenvalue weighted by Gasteiger charge is -2.24. The molecule has 0 N–H and O–H groups in total. The number of likely N-dealkylation sites (N-methyl/N-ethyl adjacent to an activating group) is 1. The molecule has 0 amide bonds. The summed E-state index contributed by atoms with van der Waals surface area (Å²) in [7, 11) is 2.14. The number of nitrogens with zero attached hydrogens (tertiary/aromatic N) is 5. The molecule has 0 aliphatic rings. The summed E-state index contributed by atoms with van der Waals surface area (Å²) < 4.78 is 2.29. The highest BCUT2D eigenvalue weighted by atomic mass is 15.2. The molecule has 2 heterocycles. The van der Waals surface area contributed by atoms with Gasteiger partial charge >= 0.3 is 0 Å². The molecule has 120 valence electrons. The van der Waals surface area contributed by atoms with Gasteiger partial charge in [0.1, 0.15) is 5.82 Å². The van der Waals surface area contributed by atoms with Crippen LogP contribution in [0.4, 0.5) is 0 Å². The Balaban J connectivity index is 1.75. The second-order valence-electron chi connectivity index (χ2n) is 5.93. The van der Waals surface area contributed by atoms with Crippen LogP contribution in [0.15, 0.2) is 42.9 Å². The molecule has 2 aromatic heterocycles. The summed E-state index contributed by atoms with van der Waals surface area (Å²) >= 11 is 0.